The molecule has 5 atom stereocenters. The third-order valence-electron chi connectivity index (χ3n) is 7.16. The van der Waals surface area contributed by atoms with Gasteiger partial charge in [-0.1, -0.05) is 23.8 Å². The highest BCUT2D eigenvalue weighted by atomic mass is 35.5. The zero-order chi connectivity index (χ0) is 25.2. The fourth-order valence-electron chi connectivity index (χ4n) is 5.77. The lowest BCUT2D eigenvalue weighted by molar-refractivity contribution is -0.154. The zero-order valence-corrected chi connectivity index (χ0v) is 21.2. The molecule has 0 aliphatic carbocycles. The van der Waals surface area contributed by atoms with Crippen LogP contribution in [0.25, 0.3) is 0 Å². The van der Waals surface area contributed by atoms with Crippen LogP contribution in [0.1, 0.15) is 25.7 Å². The number of rotatable bonds is 11. The first-order chi connectivity index (χ1) is 16.9. The first-order valence-electron chi connectivity index (χ1n) is 11.9. The van der Waals surface area contributed by atoms with Crippen molar-refractivity contribution in [3.63, 3.8) is 0 Å². The van der Waals surface area contributed by atoms with Gasteiger partial charge in [0.25, 0.3) is 5.91 Å². The number of ether oxygens (including phenoxy) is 1. The molecule has 2 bridgehead atoms. The van der Waals surface area contributed by atoms with E-state index in [2.05, 4.69) is 13.2 Å². The Morgan fingerprint density at radius 3 is 2.69 bits per heavy atom. The van der Waals surface area contributed by atoms with E-state index in [0.717, 1.165) is 12.8 Å². The van der Waals surface area contributed by atoms with Gasteiger partial charge in [-0.2, -0.15) is 0 Å². The van der Waals surface area contributed by atoms with Gasteiger partial charge in [0.15, 0.2) is 0 Å². The summed E-state index contributed by atoms with van der Waals surface area (Å²) in [5.74, 6) is -2.11. The molecular formula is C26H31ClN2O5S. The number of carbonyl (C=O) groups is 3. The Morgan fingerprint density at radius 1 is 1.29 bits per heavy atom. The van der Waals surface area contributed by atoms with Crippen molar-refractivity contribution in [1.29, 1.82) is 0 Å². The molecule has 1 aromatic carbocycles. The second-order valence-electron chi connectivity index (χ2n) is 9.12. The molecule has 3 saturated heterocycles. The summed E-state index contributed by atoms with van der Waals surface area (Å²) in [6, 6.07) is 6.14. The van der Waals surface area contributed by atoms with E-state index in [1.807, 2.05) is 0 Å². The fraction of sp³-hybridized carbons (Fsp3) is 0.500. The van der Waals surface area contributed by atoms with Gasteiger partial charge in [0.1, 0.15) is 6.04 Å². The largest absolute Gasteiger partial charge is 0.465 e. The van der Waals surface area contributed by atoms with Gasteiger partial charge in [-0.05, 0) is 49.9 Å². The van der Waals surface area contributed by atoms with Gasteiger partial charge < -0.3 is 19.6 Å². The van der Waals surface area contributed by atoms with Gasteiger partial charge in [-0.3, -0.25) is 14.4 Å². The minimum absolute atomic E-state index is 0.0301. The predicted molar refractivity (Wildman–Crippen MR) is 137 cm³/mol. The van der Waals surface area contributed by atoms with E-state index < -0.39 is 22.6 Å². The van der Waals surface area contributed by atoms with E-state index in [9.17, 15) is 19.5 Å². The SMILES string of the molecule is C=CCCCOC(=O)[C@@H]1[C@@H]2CCC3(S2)C(C(=O)N(CC=C)c2ccc(Cl)cc2)N(CCO)C(=O)[C@H]13. The summed E-state index contributed by atoms with van der Waals surface area (Å²) in [7, 11) is 0. The number of β-amino-alcohol motifs (C(OH)–C–C–N with tert-alkyl or cyclic N) is 1. The second-order valence-corrected chi connectivity index (χ2v) is 11.2. The molecular weight excluding hydrogens is 488 g/mol. The van der Waals surface area contributed by atoms with Crippen LogP contribution in [-0.4, -0.2) is 70.1 Å². The maximum absolute atomic E-state index is 14.1. The van der Waals surface area contributed by atoms with Gasteiger partial charge in [-0.25, -0.2) is 0 Å². The number of likely N-dealkylation sites (tertiary alicyclic amines) is 1. The number of anilines is 1. The lowest BCUT2D eigenvalue weighted by atomic mass is 9.71. The molecule has 0 aromatic heterocycles. The molecule has 1 N–H and O–H groups in total. The van der Waals surface area contributed by atoms with E-state index >= 15 is 0 Å². The minimum atomic E-state index is -0.795. The Balaban J connectivity index is 1.67. The van der Waals surface area contributed by atoms with Crippen LogP contribution in [0, 0.1) is 11.8 Å². The van der Waals surface area contributed by atoms with Gasteiger partial charge in [0.2, 0.25) is 5.91 Å². The van der Waals surface area contributed by atoms with E-state index in [4.69, 9.17) is 16.3 Å². The van der Waals surface area contributed by atoms with Gasteiger partial charge in [0, 0.05) is 29.0 Å². The van der Waals surface area contributed by atoms with Gasteiger partial charge >= 0.3 is 5.97 Å². The molecule has 3 aliphatic rings. The highest BCUT2D eigenvalue weighted by Gasteiger charge is 2.74. The number of benzene rings is 1. The first-order valence-corrected chi connectivity index (χ1v) is 13.2. The van der Waals surface area contributed by atoms with Crippen molar-refractivity contribution in [2.24, 2.45) is 11.8 Å². The Bertz CT molecular complexity index is 1000. The number of halogens is 1. The smallest absolute Gasteiger partial charge is 0.310 e. The van der Waals surface area contributed by atoms with Crippen molar-refractivity contribution in [3.8, 4) is 0 Å². The monoisotopic (exact) mass is 518 g/mol. The van der Waals surface area contributed by atoms with Crippen LogP contribution < -0.4 is 4.90 Å². The van der Waals surface area contributed by atoms with Crippen LogP contribution in [0.3, 0.4) is 0 Å². The maximum Gasteiger partial charge on any atom is 0.310 e. The van der Waals surface area contributed by atoms with Crippen LogP contribution in [0.2, 0.25) is 5.02 Å². The lowest BCUT2D eigenvalue weighted by Gasteiger charge is -2.37. The van der Waals surface area contributed by atoms with Crippen LogP contribution in [0.5, 0.6) is 0 Å². The minimum Gasteiger partial charge on any atom is -0.465 e. The summed E-state index contributed by atoms with van der Waals surface area (Å²) in [5.41, 5.74) is 0.645. The van der Waals surface area contributed by atoms with Gasteiger partial charge in [0.05, 0.1) is 29.8 Å². The fourth-order valence-corrected chi connectivity index (χ4v) is 8.09. The zero-order valence-electron chi connectivity index (χ0n) is 19.6. The molecule has 4 rings (SSSR count). The third kappa shape index (κ3) is 4.52. The number of aliphatic hydroxyl groups is 1. The number of allylic oxidation sites excluding steroid dienone is 1. The lowest BCUT2D eigenvalue weighted by Crippen LogP contribution is -2.55. The molecule has 2 unspecified atom stereocenters. The number of nitrogens with zero attached hydrogens (tertiary/aromatic N) is 2. The number of thioether (sulfide) groups is 1. The Kier molecular flexibility index (Phi) is 7.93. The van der Waals surface area contributed by atoms with E-state index in [1.54, 1.807) is 53.1 Å². The molecule has 3 fully saturated rings. The predicted octanol–water partition coefficient (Wildman–Crippen LogP) is 3.45. The van der Waals surface area contributed by atoms with Crippen molar-refractivity contribution < 1.29 is 24.2 Å². The van der Waals surface area contributed by atoms with Crippen LogP contribution in [-0.2, 0) is 19.1 Å². The van der Waals surface area contributed by atoms with Gasteiger partial charge in [-0.15, -0.1) is 24.9 Å². The molecule has 1 aromatic rings. The molecule has 2 amide bonds. The standard InChI is InChI=1S/C26H31ClN2O5S/c1-3-5-6-16-34-25(33)20-19-11-12-26(35-19)21(20)23(31)29(14-15-30)22(26)24(32)28(13-4-2)18-9-7-17(27)8-10-18/h3-4,7-10,19-22,30H,1-2,5-6,11-16H2/t19-,20+,21-,22?,26?/m0/s1. The van der Waals surface area contributed by atoms with Crippen molar-refractivity contribution in [1.82, 2.24) is 4.90 Å². The number of carbonyl (C=O) groups excluding carboxylic acids is 3. The van der Waals surface area contributed by atoms with Crippen LogP contribution in [0.4, 0.5) is 5.69 Å². The number of amides is 2. The Morgan fingerprint density at radius 2 is 2.03 bits per heavy atom. The topological polar surface area (TPSA) is 87.2 Å². The number of fused-ring (bicyclic) bond motifs is 1. The summed E-state index contributed by atoms with van der Waals surface area (Å²) in [6.07, 6.45) is 6.22. The number of unbranched alkanes of at least 4 members (excludes halogenated alkanes) is 1. The molecule has 0 radical (unpaired) electrons. The first kappa shape index (κ1) is 25.8. The number of aliphatic hydroxyl groups excluding tert-OH is 1. The second kappa shape index (κ2) is 10.8. The molecule has 35 heavy (non-hydrogen) atoms. The number of hydrogen-bond acceptors (Lipinski definition) is 6. The maximum atomic E-state index is 14.1. The highest BCUT2D eigenvalue weighted by molar-refractivity contribution is 8.02. The third-order valence-corrected chi connectivity index (χ3v) is 9.36. The quantitative estimate of drug-likeness (QED) is 0.274. The number of hydrogen-bond donors (Lipinski definition) is 1. The molecule has 1 spiro atoms. The van der Waals surface area contributed by atoms with Crippen molar-refractivity contribution in [2.75, 3.05) is 31.2 Å². The van der Waals surface area contributed by atoms with Crippen LogP contribution >= 0.6 is 23.4 Å². The normalized spacial score (nSPS) is 28.6. The Hall–Kier alpha value is -2.29. The molecule has 0 saturated carbocycles. The summed E-state index contributed by atoms with van der Waals surface area (Å²) in [4.78, 5) is 44.0. The summed E-state index contributed by atoms with van der Waals surface area (Å²) in [6.45, 7) is 7.76. The molecule has 188 valence electrons. The van der Waals surface area contributed by atoms with Crippen molar-refractivity contribution >= 4 is 46.8 Å². The molecule has 3 heterocycles. The number of esters is 1. The highest BCUT2D eigenvalue weighted by Crippen LogP contribution is 2.66. The Labute approximate surface area is 215 Å². The summed E-state index contributed by atoms with van der Waals surface area (Å²) in [5, 5.41) is 10.2. The molecule has 3 aliphatic heterocycles. The average Bonchev–Trinajstić information content (AvgIpc) is 3.48. The van der Waals surface area contributed by atoms with Crippen LogP contribution in [0.15, 0.2) is 49.6 Å². The van der Waals surface area contributed by atoms with E-state index in [0.29, 0.717) is 23.6 Å². The summed E-state index contributed by atoms with van der Waals surface area (Å²) >= 11 is 7.63. The molecule has 7 nitrogen and oxygen atoms in total. The molecule has 9 heteroatoms. The van der Waals surface area contributed by atoms with Crippen molar-refractivity contribution in [3.05, 3.63) is 54.6 Å². The van der Waals surface area contributed by atoms with E-state index in [1.165, 1.54) is 4.90 Å². The summed E-state index contributed by atoms with van der Waals surface area (Å²) < 4.78 is 4.82. The van der Waals surface area contributed by atoms with E-state index in [-0.39, 0.29) is 49.3 Å². The average molecular weight is 519 g/mol. The van der Waals surface area contributed by atoms with Crippen molar-refractivity contribution in [2.45, 2.75) is 41.7 Å².